The van der Waals surface area contributed by atoms with Crippen molar-refractivity contribution in [1.82, 2.24) is 41.7 Å². The van der Waals surface area contributed by atoms with Gasteiger partial charge < -0.3 is 47.4 Å². The zero-order valence-electron chi connectivity index (χ0n) is 32.2. The minimum absolute atomic E-state index is 0.273. The van der Waals surface area contributed by atoms with Gasteiger partial charge in [0.05, 0.1) is 6.54 Å². The standard InChI is InChI=1S/C35H52N8O7.C2H7N/c1-34(2,3)41-33(50)40-28(35(4)17-18-37-35)32(49)43-19-11-16-23(43)29(46)39-25(21-14-10-15-21)27(45)30(47)36-20-24(44)38-26(31(48)42(5)6)22-12-8-7-9-13-22;1-2-3/h7-9,12-13,21,23,25-26,28,37H,10-11,14-20H2,1-6H3,(H,36,47)(H,38,44)(H,39,46)(H2,40,41,50);2-3H2,1H3. The maximum Gasteiger partial charge on any atom is 0.315 e. The number of hydrogen-bond donors (Lipinski definition) is 7. The largest absolute Gasteiger partial charge is 0.347 e. The predicted octanol–water partition coefficient (Wildman–Crippen LogP) is 0.0766. The van der Waals surface area contributed by atoms with E-state index in [2.05, 4.69) is 31.9 Å². The quantitative estimate of drug-likeness (QED) is 0.136. The Morgan fingerprint density at radius 2 is 1.60 bits per heavy atom. The van der Waals surface area contributed by atoms with Gasteiger partial charge in [-0.15, -0.1) is 0 Å². The second kappa shape index (κ2) is 19.0. The van der Waals surface area contributed by atoms with Crippen molar-refractivity contribution in [2.75, 3.05) is 40.3 Å². The van der Waals surface area contributed by atoms with Gasteiger partial charge in [-0.25, -0.2) is 4.79 Å². The number of ketones is 1. The third-order valence-corrected chi connectivity index (χ3v) is 9.62. The second-order valence-corrected chi connectivity index (χ2v) is 15.3. The van der Waals surface area contributed by atoms with Crippen LogP contribution in [0.15, 0.2) is 30.3 Å². The molecule has 16 nitrogen and oxygen atoms in total. The van der Waals surface area contributed by atoms with Crippen molar-refractivity contribution < 1.29 is 33.6 Å². The first-order chi connectivity index (χ1) is 24.9. The molecule has 2 heterocycles. The van der Waals surface area contributed by atoms with Crippen molar-refractivity contribution in [3.63, 3.8) is 0 Å². The molecule has 2 aliphatic heterocycles. The van der Waals surface area contributed by atoms with E-state index in [-0.39, 0.29) is 11.8 Å². The molecule has 1 aromatic carbocycles. The van der Waals surface area contributed by atoms with E-state index in [1.54, 1.807) is 44.4 Å². The average Bonchev–Trinajstić information content (AvgIpc) is 3.56. The molecule has 53 heavy (non-hydrogen) atoms. The van der Waals surface area contributed by atoms with Crippen molar-refractivity contribution in [2.45, 2.75) is 108 Å². The Kier molecular flexibility index (Phi) is 15.3. The molecule has 3 fully saturated rings. The molecule has 0 aromatic heterocycles. The number of carbonyl (C=O) groups is 7. The van der Waals surface area contributed by atoms with Gasteiger partial charge in [0.2, 0.25) is 29.4 Å². The maximum absolute atomic E-state index is 14.0. The Bertz CT molecular complexity index is 1470. The summed E-state index contributed by atoms with van der Waals surface area (Å²) in [7, 11) is 3.13. The smallest absolute Gasteiger partial charge is 0.315 e. The van der Waals surface area contributed by atoms with E-state index < -0.39 is 77.2 Å². The van der Waals surface area contributed by atoms with E-state index >= 15 is 0 Å². The number of amides is 7. The second-order valence-electron chi connectivity index (χ2n) is 15.3. The Balaban J connectivity index is 0.00000243. The van der Waals surface area contributed by atoms with Crippen LogP contribution in [0.1, 0.15) is 84.7 Å². The van der Waals surface area contributed by atoms with E-state index in [1.807, 2.05) is 34.6 Å². The summed E-state index contributed by atoms with van der Waals surface area (Å²) >= 11 is 0. The van der Waals surface area contributed by atoms with Crippen LogP contribution >= 0.6 is 0 Å². The minimum Gasteiger partial charge on any atom is -0.347 e. The fraction of sp³-hybridized carbons (Fsp3) is 0.649. The molecule has 4 rings (SSSR count). The van der Waals surface area contributed by atoms with E-state index in [4.69, 9.17) is 5.73 Å². The Hall–Kier alpha value is -4.57. The molecule has 1 aliphatic carbocycles. The van der Waals surface area contributed by atoms with Crippen LogP contribution in [0.3, 0.4) is 0 Å². The third-order valence-electron chi connectivity index (χ3n) is 9.62. The number of Topliss-reactive ketones (excluding diaryl/α,β-unsaturated/α-hetero) is 1. The normalized spacial score (nSPS) is 21.1. The van der Waals surface area contributed by atoms with Crippen LogP contribution in [0.25, 0.3) is 0 Å². The van der Waals surface area contributed by atoms with Crippen LogP contribution < -0.4 is 37.6 Å². The Morgan fingerprint density at radius 3 is 2.11 bits per heavy atom. The van der Waals surface area contributed by atoms with E-state index in [0.717, 1.165) is 13.0 Å². The number of likely N-dealkylation sites (tertiary alicyclic amines) is 1. The zero-order valence-corrected chi connectivity index (χ0v) is 32.2. The molecule has 0 spiro atoms. The van der Waals surface area contributed by atoms with Gasteiger partial charge in [-0.1, -0.05) is 43.7 Å². The lowest BCUT2D eigenvalue weighted by atomic mass is 9.78. The topological polar surface area (TPSA) is 224 Å². The molecule has 8 N–H and O–H groups in total. The fourth-order valence-corrected chi connectivity index (χ4v) is 6.45. The van der Waals surface area contributed by atoms with Crippen molar-refractivity contribution >= 4 is 41.4 Å². The van der Waals surface area contributed by atoms with Gasteiger partial charge in [0.25, 0.3) is 5.91 Å². The van der Waals surface area contributed by atoms with E-state index in [1.165, 1.54) is 9.80 Å². The first kappa shape index (κ1) is 42.8. The highest BCUT2D eigenvalue weighted by atomic mass is 16.2. The summed E-state index contributed by atoms with van der Waals surface area (Å²) in [6.07, 6.45) is 3.64. The maximum atomic E-state index is 14.0. The monoisotopic (exact) mass is 741 g/mol. The molecule has 0 bridgehead atoms. The lowest BCUT2D eigenvalue weighted by molar-refractivity contribution is -0.145. The highest BCUT2D eigenvalue weighted by Crippen LogP contribution is 2.31. The molecular weight excluding hydrogens is 682 g/mol. The SMILES string of the molecule is CCN.CN(C)C(=O)C(NC(=O)CNC(=O)C(=O)C(NC(=O)C1CCCN1C(=O)C(NC(=O)NC(C)(C)C)C1(C)CCN1)C1CCC1)c1ccccc1. The van der Waals surface area contributed by atoms with Crippen molar-refractivity contribution in [3.8, 4) is 0 Å². The number of hydrogen-bond acceptors (Lipinski definition) is 9. The molecule has 294 valence electrons. The van der Waals surface area contributed by atoms with Gasteiger partial charge in [0, 0.05) is 31.7 Å². The minimum atomic E-state index is -1.14. The zero-order chi connectivity index (χ0) is 39.5. The molecule has 16 heteroatoms. The Labute approximate surface area is 312 Å². The predicted molar refractivity (Wildman–Crippen MR) is 199 cm³/mol. The van der Waals surface area contributed by atoms with Gasteiger partial charge in [-0.2, -0.15) is 0 Å². The van der Waals surface area contributed by atoms with E-state index in [9.17, 15) is 33.6 Å². The molecule has 2 saturated heterocycles. The van der Waals surface area contributed by atoms with Crippen LogP contribution in [0, 0.1) is 5.92 Å². The summed E-state index contributed by atoms with van der Waals surface area (Å²) in [5, 5.41) is 16.6. The highest BCUT2D eigenvalue weighted by Gasteiger charge is 2.49. The van der Waals surface area contributed by atoms with Crippen LogP contribution in [0.2, 0.25) is 0 Å². The number of nitrogens with one attached hydrogen (secondary N) is 6. The number of carbonyl (C=O) groups excluding carboxylic acids is 7. The lowest BCUT2D eigenvalue weighted by Crippen LogP contribution is -2.72. The van der Waals surface area contributed by atoms with Gasteiger partial charge >= 0.3 is 6.03 Å². The van der Waals surface area contributed by atoms with Crippen molar-refractivity contribution in [3.05, 3.63) is 35.9 Å². The fourth-order valence-electron chi connectivity index (χ4n) is 6.45. The highest BCUT2D eigenvalue weighted by molar-refractivity contribution is 6.38. The number of urea groups is 1. The van der Waals surface area contributed by atoms with Gasteiger partial charge in [-0.3, -0.25) is 28.8 Å². The third kappa shape index (κ3) is 11.7. The van der Waals surface area contributed by atoms with Gasteiger partial charge in [0.1, 0.15) is 24.2 Å². The molecule has 3 aliphatic rings. The summed E-state index contributed by atoms with van der Waals surface area (Å²) in [5.74, 6) is -4.20. The summed E-state index contributed by atoms with van der Waals surface area (Å²) in [6.45, 7) is 10.4. The number of nitrogens with two attached hydrogens (primary N) is 1. The first-order valence-corrected chi connectivity index (χ1v) is 18.4. The van der Waals surface area contributed by atoms with Crippen LogP contribution in [-0.4, -0.2) is 121 Å². The summed E-state index contributed by atoms with van der Waals surface area (Å²) in [6, 6.07) is 4.19. The number of benzene rings is 1. The number of likely N-dealkylation sites (N-methyl/N-ethyl adjacent to an activating group) is 1. The van der Waals surface area contributed by atoms with Gasteiger partial charge in [0.15, 0.2) is 0 Å². The molecule has 1 saturated carbocycles. The number of nitrogens with zero attached hydrogens (tertiary/aromatic N) is 2. The average molecular weight is 742 g/mol. The Morgan fingerprint density at radius 1 is 0.981 bits per heavy atom. The van der Waals surface area contributed by atoms with Crippen molar-refractivity contribution in [2.24, 2.45) is 11.7 Å². The van der Waals surface area contributed by atoms with Crippen LogP contribution in [-0.2, 0) is 28.8 Å². The molecule has 5 unspecified atom stereocenters. The molecule has 1 aromatic rings. The summed E-state index contributed by atoms with van der Waals surface area (Å²) < 4.78 is 0. The van der Waals surface area contributed by atoms with Gasteiger partial charge in [-0.05, 0) is 84.4 Å². The van der Waals surface area contributed by atoms with Crippen LogP contribution in [0.4, 0.5) is 4.79 Å². The lowest BCUT2D eigenvalue weighted by Gasteiger charge is -2.47. The molecule has 7 amide bonds. The molecule has 5 atom stereocenters. The first-order valence-electron chi connectivity index (χ1n) is 18.4. The summed E-state index contributed by atoms with van der Waals surface area (Å²) in [5.41, 5.74) is 4.17. The van der Waals surface area contributed by atoms with Crippen LogP contribution in [0.5, 0.6) is 0 Å². The molecule has 0 radical (unpaired) electrons. The number of rotatable bonds is 13. The molecular formula is C37H59N9O7. The van der Waals surface area contributed by atoms with E-state index in [0.29, 0.717) is 50.8 Å². The van der Waals surface area contributed by atoms with Crippen molar-refractivity contribution in [1.29, 1.82) is 0 Å². The summed E-state index contributed by atoms with van der Waals surface area (Å²) in [4.78, 5) is 95.5.